The van der Waals surface area contributed by atoms with Crippen molar-refractivity contribution in [3.8, 4) is 0 Å². The number of carboxylic acids is 1. The third-order valence-electron chi connectivity index (χ3n) is 5.08. The summed E-state index contributed by atoms with van der Waals surface area (Å²) in [5, 5.41) is 14.7. The number of rotatable bonds is 9. The van der Waals surface area contributed by atoms with Gasteiger partial charge in [-0.05, 0) is 36.7 Å². The van der Waals surface area contributed by atoms with Gasteiger partial charge in [0.05, 0.1) is 0 Å². The van der Waals surface area contributed by atoms with Crippen LogP contribution in [0.15, 0.2) is 30.3 Å². The molecule has 0 spiro atoms. The third kappa shape index (κ3) is 7.50. The minimum absolute atomic E-state index is 0.00749. The van der Waals surface area contributed by atoms with Gasteiger partial charge in [-0.2, -0.15) is 0 Å². The van der Waals surface area contributed by atoms with Crippen LogP contribution >= 0.6 is 0 Å². The molecule has 3 atom stereocenters. The molecule has 1 saturated carbocycles. The van der Waals surface area contributed by atoms with Gasteiger partial charge in [0.25, 0.3) is 0 Å². The average molecular weight is 418 g/mol. The average Bonchev–Trinajstić information content (AvgIpc) is 2.70. The molecule has 8 heteroatoms. The normalized spacial score (nSPS) is 18.4. The zero-order valence-electron chi connectivity index (χ0n) is 17.4. The molecule has 0 saturated heterocycles. The number of amides is 2. The van der Waals surface area contributed by atoms with Crippen LogP contribution in [0, 0.1) is 11.8 Å². The van der Waals surface area contributed by atoms with E-state index in [0.29, 0.717) is 25.7 Å². The zero-order valence-corrected chi connectivity index (χ0v) is 17.4. The first-order chi connectivity index (χ1) is 14.3. The molecule has 1 aliphatic carbocycles. The fourth-order valence-corrected chi connectivity index (χ4v) is 3.59. The summed E-state index contributed by atoms with van der Waals surface area (Å²) in [6, 6.07) is 7.03. The summed E-state index contributed by atoms with van der Waals surface area (Å²) in [7, 11) is 0. The Morgan fingerprint density at radius 3 is 2.47 bits per heavy atom. The maximum absolute atomic E-state index is 12.8. The third-order valence-corrected chi connectivity index (χ3v) is 5.08. The van der Waals surface area contributed by atoms with Crippen LogP contribution in [-0.4, -0.2) is 40.9 Å². The molecule has 0 bridgehead atoms. The summed E-state index contributed by atoms with van der Waals surface area (Å²) in [5.74, 6) is -2.14. The lowest BCUT2D eigenvalue weighted by molar-refractivity contribution is -0.144. The number of Topliss-reactive ketones (excluding diaryl/α,β-unsaturated/α-hetero) is 1. The van der Waals surface area contributed by atoms with Crippen molar-refractivity contribution in [3.05, 3.63) is 35.9 Å². The molecule has 3 N–H and O–H groups in total. The van der Waals surface area contributed by atoms with Gasteiger partial charge in [-0.3, -0.25) is 9.59 Å². The number of aliphatic carboxylic acids is 1. The monoisotopic (exact) mass is 418 g/mol. The van der Waals surface area contributed by atoms with Crippen molar-refractivity contribution in [1.82, 2.24) is 10.6 Å². The highest BCUT2D eigenvalue weighted by Crippen LogP contribution is 2.25. The van der Waals surface area contributed by atoms with Gasteiger partial charge in [-0.1, -0.05) is 44.2 Å². The molecular weight excluding hydrogens is 388 g/mol. The summed E-state index contributed by atoms with van der Waals surface area (Å²) in [6.07, 6.45) is 1.33. The first kappa shape index (κ1) is 23.4. The number of hydrogen-bond acceptors (Lipinski definition) is 5. The van der Waals surface area contributed by atoms with E-state index in [1.807, 2.05) is 44.2 Å². The lowest BCUT2D eigenvalue weighted by Crippen LogP contribution is -2.54. The molecule has 2 amide bonds. The van der Waals surface area contributed by atoms with Gasteiger partial charge in [-0.15, -0.1) is 0 Å². The number of carboxylic acid groups (broad SMARTS) is 1. The summed E-state index contributed by atoms with van der Waals surface area (Å²) >= 11 is 0. The quantitative estimate of drug-likeness (QED) is 0.567. The molecule has 1 aromatic rings. The number of ether oxygens (including phenoxy) is 1. The van der Waals surface area contributed by atoms with Gasteiger partial charge in [0.15, 0.2) is 0 Å². The molecule has 0 heterocycles. The number of nitrogens with one attached hydrogen (secondary N) is 2. The van der Waals surface area contributed by atoms with E-state index in [4.69, 9.17) is 4.74 Å². The highest BCUT2D eigenvalue weighted by atomic mass is 16.5. The fraction of sp³-hybridized carbons (Fsp3) is 0.545. The standard InChI is InChI=1S/C22H30N2O6/c1-14(2)11-18(23-22(29)30-13-15-7-4-3-5-8-15)20(26)24-19(21(27)28)16-9-6-10-17(25)12-16/h3-5,7-8,14,16,18-19H,6,9-13H2,1-2H3,(H,23,29)(H,24,26)(H,27,28)/t16-,18+,19+/m1/s1. The maximum atomic E-state index is 12.8. The van der Waals surface area contributed by atoms with E-state index in [-0.39, 0.29) is 24.7 Å². The number of hydrogen-bond donors (Lipinski definition) is 3. The Hall–Kier alpha value is -2.90. The van der Waals surface area contributed by atoms with Crippen molar-refractivity contribution in [2.75, 3.05) is 0 Å². The number of carbonyl (C=O) groups is 4. The van der Waals surface area contributed by atoms with Crippen LogP contribution in [-0.2, 0) is 25.7 Å². The van der Waals surface area contributed by atoms with Crippen molar-refractivity contribution in [1.29, 1.82) is 0 Å². The molecule has 164 valence electrons. The first-order valence-corrected chi connectivity index (χ1v) is 10.3. The maximum Gasteiger partial charge on any atom is 0.408 e. The predicted molar refractivity (Wildman–Crippen MR) is 110 cm³/mol. The van der Waals surface area contributed by atoms with Gasteiger partial charge in [0.1, 0.15) is 24.5 Å². The second-order valence-corrected chi connectivity index (χ2v) is 8.11. The topological polar surface area (TPSA) is 122 Å². The number of benzene rings is 1. The molecule has 8 nitrogen and oxygen atoms in total. The van der Waals surface area contributed by atoms with Crippen LogP contribution in [0.5, 0.6) is 0 Å². The minimum atomic E-state index is -1.18. The molecule has 30 heavy (non-hydrogen) atoms. The van der Waals surface area contributed by atoms with Crippen LogP contribution in [0.2, 0.25) is 0 Å². The van der Waals surface area contributed by atoms with E-state index in [0.717, 1.165) is 5.56 Å². The lowest BCUT2D eigenvalue weighted by Gasteiger charge is -2.29. The van der Waals surface area contributed by atoms with Gasteiger partial charge < -0.3 is 20.5 Å². The van der Waals surface area contributed by atoms with E-state index in [2.05, 4.69) is 10.6 Å². The van der Waals surface area contributed by atoms with Crippen molar-refractivity contribution >= 4 is 23.8 Å². The van der Waals surface area contributed by atoms with Gasteiger partial charge in [0.2, 0.25) is 5.91 Å². The zero-order chi connectivity index (χ0) is 22.1. The molecule has 0 aromatic heterocycles. The van der Waals surface area contributed by atoms with Crippen molar-refractivity contribution < 1.29 is 29.0 Å². The van der Waals surface area contributed by atoms with E-state index in [1.54, 1.807) is 0 Å². The largest absolute Gasteiger partial charge is 0.480 e. The summed E-state index contributed by atoms with van der Waals surface area (Å²) in [5.41, 5.74) is 0.811. The van der Waals surface area contributed by atoms with Crippen LogP contribution in [0.1, 0.15) is 51.5 Å². The van der Waals surface area contributed by atoms with E-state index in [9.17, 15) is 24.3 Å². The molecule has 1 fully saturated rings. The molecule has 0 aliphatic heterocycles. The molecule has 1 aromatic carbocycles. The van der Waals surface area contributed by atoms with Crippen LogP contribution in [0.3, 0.4) is 0 Å². The Morgan fingerprint density at radius 2 is 1.87 bits per heavy atom. The molecule has 0 unspecified atom stereocenters. The second-order valence-electron chi connectivity index (χ2n) is 8.11. The second kappa shape index (κ2) is 11.3. The van der Waals surface area contributed by atoms with Crippen LogP contribution in [0.4, 0.5) is 4.79 Å². The van der Waals surface area contributed by atoms with Gasteiger partial charge in [-0.25, -0.2) is 9.59 Å². The summed E-state index contributed by atoms with van der Waals surface area (Å²) in [4.78, 5) is 48.5. The Morgan fingerprint density at radius 1 is 1.17 bits per heavy atom. The van der Waals surface area contributed by atoms with Crippen molar-refractivity contribution in [3.63, 3.8) is 0 Å². The highest BCUT2D eigenvalue weighted by Gasteiger charge is 2.35. The SMILES string of the molecule is CC(C)C[C@H](NC(=O)OCc1ccccc1)C(=O)N[C@H](C(=O)O)[C@@H]1CCCC(=O)C1. The number of alkyl carbamates (subject to hydrolysis) is 1. The first-order valence-electron chi connectivity index (χ1n) is 10.3. The number of ketones is 1. The lowest BCUT2D eigenvalue weighted by atomic mass is 9.83. The smallest absolute Gasteiger partial charge is 0.408 e. The van der Waals surface area contributed by atoms with E-state index >= 15 is 0 Å². The molecular formula is C22H30N2O6. The Bertz CT molecular complexity index is 749. The summed E-state index contributed by atoms with van der Waals surface area (Å²) < 4.78 is 5.18. The molecule has 2 rings (SSSR count). The van der Waals surface area contributed by atoms with Crippen LogP contribution < -0.4 is 10.6 Å². The molecule has 1 aliphatic rings. The van der Waals surface area contributed by atoms with Gasteiger partial charge >= 0.3 is 12.1 Å². The Balaban J connectivity index is 1.99. The Kier molecular flexibility index (Phi) is 8.83. The highest BCUT2D eigenvalue weighted by molar-refractivity contribution is 5.90. The molecule has 0 radical (unpaired) electrons. The van der Waals surface area contributed by atoms with Gasteiger partial charge in [0, 0.05) is 12.8 Å². The predicted octanol–water partition coefficient (Wildman–Crippen LogP) is 2.66. The Labute approximate surface area is 176 Å². The van der Waals surface area contributed by atoms with Crippen molar-refractivity contribution in [2.24, 2.45) is 11.8 Å². The van der Waals surface area contributed by atoms with Crippen LogP contribution in [0.25, 0.3) is 0 Å². The summed E-state index contributed by atoms with van der Waals surface area (Å²) in [6.45, 7) is 3.85. The fourth-order valence-electron chi connectivity index (χ4n) is 3.59. The number of carbonyl (C=O) groups excluding carboxylic acids is 3. The van der Waals surface area contributed by atoms with E-state index in [1.165, 1.54) is 0 Å². The van der Waals surface area contributed by atoms with E-state index < -0.39 is 36.0 Å². The van der Waals surface area contributed by atoms with Crippen molar-refractivity contribution in [2.45, 2.75) is 64.6 Å². The minimum Gasteiger partial charge on any atom is -0.480 e.